The molecular formula is C21H22N4O2S2. The van der Waals surface area contributed by atoms with Crippen molar-refractivity contribution in [3.8, 4) is 10.6 Å². The third-order valence-electron chi connectivity index (χ3n) is 4.95. The number of rotatable bonds is 5. The minimum absolute atomic E-state index is 0.0684. The molecule has 1 aromatic carbocycles. The van der Waals surface area contributed by atoms with Gasteiger partial charge in [0.1, 0.15) is 5.01 Å². The van der Waals surface area contributed by atoms with Gasteiger partial charge in [-0.25, -0.2) is 9.97 Å². The second kappa shape index (κ2) is 8.12. The molecule has 1 unspecified atom stereocenters. The molecule has 0 radical (unpaired) electrons. The van der Waals surface area contributed by atoms with E-state index in [1.165, 1.54) is 23.4 Å². The van der Waals surface area contributed by atoms with Gasteiger partial charge in [0.15, 0.2) is 5.16 Å². The minimum Gasteiger partial charge on any atom is -0.351 e. The number of nitrogens with one attached hydrogen (secondary N) is 1. The Labute approximate surface area is 177 Å². The summed E-state index contributed by atoms with van der Waals surface area (Å²) in [6.07, 6.45) is 0.271. The van der Waals surface area contributed by atoms with Gasteiger partial charge in [-0.2, -0.15) is 0 Å². The molecule has 1 aliphatic heterocycles. The number of thiazole rings is 1. The predicted octanol–water partition coefficient (Wildman–Crippen LogP) is 3.65. The van der Waals surface area contributed by atoms with Crippen LogP contribution in [0.2, 0.25) is 0 Å². The van der Waals surface area contributed by atoms with Gasteiger partial charge in [0.2, 0.25) is 5.91 Å². The zero-order chi connectivity index (χ0) is 20.5. The lowest BCUT2D eigenvalue weighted by Gasteiger charge is -2.13. The first-order chi connectivity index (χ1) is 13.9. The first kappa shape index (κ1) is 19.8. The zero-order valence-electron chi connectivity index (χ0n) is 16.6. The number of benzene rings is 1. The SMILES string of the molecule is Cc1cc(=O)n2c(n1)SCC2CC(=O)NCc1sc(-c2ccccc2C)nc1C. The second-order valence-corrected chi connectivity index (χ2v) is 9.25. The van der Waals surface area contributed by atoms with Crippen LogP contribution in [0.15, 0.2) is 40.3 Å². The highest BCUT2D eigenvalue weighted by atomic mass is 32.2. The summed E-state index contributed by atoms with van der Waals surface area (Å²) in [5.74, 6) is 0.622. The van der Waals surface area contributed by atoms with E-state index >= 15 is 0 Å². The number of nitrogens with zero attached hydrogens (tertiary/aromatic N) is 3. The molecule has 0 saturated heterocycles. The van der Waals surface area contributed by atoms with Crippen molar-refractivity contribution in [3.05, 3.63) is 62.5 Å². The normalized spacial score (nSPS) is 15.3. The molecule has 1 atom stereocenters. The topological polar surface area (TPSA) is 76.9 Å². The van der Waals surface area contributed by atoms with Crippen LogP contribution in [0.1, 0.15) is 34.3 Å². The van der Waals surface area contributed by atoms with Gasteiger partial charge in [0, 0.05) is 34.4 Å². The Hall–Kier alpha value is -2.45. The molecule has 8 heteroatoms. The van der Waals surface area contributed by atoms with E-state index in [0.717, 1.165) is 21.1 Å². The summed E-state index contributed by atoms with van der Waals surface area (Å²) >= 11 is 3.14. The lowest BCUT2D eigenvalue weighted by atomic mass is 10.1. The molecule has 29 heavy (non-hydrogen) atoms. The maximum atomic E-state index is 12.5. The van der Waals surface area contributed by atoms with Crippen LogP contribution in [0, 0.1) is 20.8 Å². The molecule has 0 saturated carbocycles. The lowest BCUT2D eigenvalue weighted by molar-refractivity contribution is -0.121. The molecule has 0 spiro atoms. The highest BCUT2D eigenvalue weighted by molar-refractivity contribution is 7.99. The van der Waals surface area contributed by atoms with Gasteiger partial charge in [-0.15, -0.1) is 11.3 Å². The number of thioether (sulfide) groups is 1. The molecule has 1 aliphatic rings. The maximum absolute atomic E-state index is 12.5. The second-order valence-electron chi connectivity index (χ2n) is 7.18. The molecule has 150 valence electrons. The van der Waals surface area contributed by atoms with E-state index in [4.69, 9.17) is 0 Å². The van der Waals surface area contributed by atoms with Crippen molar-refractivity contribution < 1.29 is 4.79 Å². The summed E-state index contributed by atoms with van der Waals surface area (Å²) in [7, 11) is 0. The van der Waals surface area contributed by atoms with Crippen LogP contribution in [0.4, 0.5) is 0 Å². The summed E-state index contributed by atoms with van der Waals surface area (Å²) in [6.45, 7) is 6.30. The molecule has 1 N–H and O–H groups in total. The number of amides is 1. The van der Waals surface area contributed by atoms with E-state index in [9.17, 15) is 9.59 Å². The van der Waals surface area contributed by atoms with Crippen LogP contribution < -0.4 is 10.9 Å². The summed E-state index contributed by atoms with van der Waals surface area (Å²) in [4.78, 5) is 34.9. The van der Waals surface area contributed by atoms with Crippen LogP contribution >= 0.6 is 23.1 Å². The van der Waals surface area contributed by atoms with E-state index in [2.05, 4.69) is 34.3 Å². The summed E-state index contributed by atoms with van der Waals surface area (Å²) in [6, 6.07) is 9.54. The molecule has 6 nitrogen and oxygen atoms in total. The molecule has 3 aromatic rings. The average Bonchev–Trinajstić information content (AvgIpc) is 3.24. The summed E-state index contributed by atoms with van der Waals surface area (Å²) < 4.78 is 1.64. The molecule has 0 fully saturated rings. The van der Waals surface area contributed by atoms with Gasteiger partial charge in [0.25, 0.3) is 5.56 Å². The number of hydrogen-bond donors (Lipinski definition) is 1. The molecular weight excluding hydrogens is 404 g/mol. The lowest BCUT2D eigenvalue weighted by Crippen LogP contribution is -2.30. The molecule has 3 heterocycles. The Balaban J connectivity index is 1.42. The standard InChI is InChI=1S/C21H22N4O2S2/c1-12-6-4-5-7-16(12)20-24-14(3)17(29-20)10-22-18(26)9-15-11-28-21-23-13(2)8-19(27)25(15)21/h4-8,15H,9-11H2,1-3H3,(H,22,26). The molecule has 0 bridgehead atoms. The van der Waals surface area contributed by atoms with Crippen molar-refractivity contribution in [2.75, 3.05) is 5.75 Å². The number of hydrogen-bond acceptors (Lipinski definition) is 6. The predicted molar refractivity (Wildman–Crippen MR) is 116 cm³/mol. The van der Waals surface area contributed by atoms with Gasteiger partial charge >= 0.3 is 0 Å². The fourth-order valence-corrected chi connectivity index (χ4v) is 5.69. The Bertz CT molecular complexity index is 1140. The fraction of sp³-hybridized carbons (Fsp3) is 0.333. The largest absolute Gasteiger partial charge is 0.351 e. The minimum atomic E-state index is -0.152. The molecule has 0 aliphatic carbocycles. The van der Waals surface area contributed by atoms with Crippen LogP contribution in [-0.4, -0.2) is 26.2 Å². The Morgan fingerprint density at radius 1 is 1.24 bits per heavy atom. The smallest absolute Gasteiger partial charge is 0.254 e. The quantitative estimate of drug-likeness (QED) is 0.630. The fourth-order valence-electron chi connectivity index (χ4n) is 3.40. The zero-order valence-corrected chi connectivity index (χ0v) is 18.2. The highest BCUT2D eigenvalue weighted by Gasteiger charge is 2.27. The number of aromatic nitrogens is 3. The summed E-state index contributed by atoms with van der Waals surface area (Å²) in [5.41, 5.74) is 3.87. The van der Waals surface area contributed by atoms with Crippen molar-refractivity contribution in [3.63, 3.8) is 0 Å². The van der Waals surface area contributed by atoms with Gasteiger partial charge in [-0.3, -0.25) is 14.2 Å². The first-order valence-electron chi connectivity index (χ1n) is 9.44. The molecule has 4 rings (SSSR count). The Kier molecular flexibility index (Phi) is 5.56. The number of fused-ring (bicyclic) bond motifs is 1. The van der Waals surface area contributed by atoms with Crippen molar-refractivity contribution in [2.45, 2.75) is 44.9 Å². The van der Waals surface area contributed by atoms with Crippen LogP contribution in [0.3, 0.4) is 0 Å². The van der Waals surface area contributed by atoms with Crippen molar-refractivity contribution in [1.29, 1.82) is 0 Å². The van der Waals surface area contributed by atoms with E-state index in [1.54, 1.807) is 15.9 Å². The monoisotopic (exact) mass is 426 g/mol. The van der Waals surface area contributed by atoms with Crippen molar-refractivity contribution in [1.82, 2.24) is 19.9 Å². The molecule has 2 aromatic heterocycles. The number of carbonyl (C=O) groups is 1. The van der Waals surface area contributed by atoms with E-state index in [-0.39, 0.29) is 23.9 Å². The van der Waals surface area contributed by atoms with E-state index in [0.29, 0.717) is 23.1 Å². The highest BCUT2D eigenvalue weighted by Crippen LogP contribution is 2.32. The van der Waals surface area contributed by atoms with Crippen LogP contribution in [-0.2, 0) is 11.3 Å². The maximum Gasteiger partial charge on any atom is 0.254 e. The Morgan fingerprint density at radius 3 is 2.83 bits per heavy atom. The summed E-state index contributed by atoms with van der Waals surface area (Å²) in [5, 5.41) is 4.67. The van der Waals surface area contributed by atoms with Gasteiger partial charge in [-0.1, -0.05) is 36.0 Å². The first-order valence-corrected chi connectivity index (χ1v) is 11.2. The third-order valence-corrected chi connectivity index (χ3v) is 7.24. The van der Waals surface area contributed by atoms with Crippen molar-refractivity contribution >= 4 is 29.0 Å². The van der Waals surface area contributed by atoms with E-state index < -0.39 is 0 Å². The number of aryl methyl sites for hydroxylation is 3. The van der Waals surface area contributed by atoms with Crippen molar-refractivity contribution in [2.24, 2.45) is 0 Å². The Morgan fingerprint density at radius 2 is 2.03 bits per heavy atom. The van der Waals surface area contributed by atoms with E-state index in [1.807, 2.05) is 26.0 Å². The van der Waals surface area contributed by atoms with Gasteiger partial charge < -0.3 is 5.32 Å². The van der Waals surface area contributed by atoms with Gasteiger partial charge in [0.05, 0.1) is 18.3 Å². The molecule has 1 amide bonds. The average molecular weight is 427 g/mol. The van der Waals surface area contributed by atoms with Crippen LogP contribution in [0.5, 0.6) is 0 Å². The van der Waals surface area contributed by atoms with Crippen LogP contribution in [0.25, 0.3) is 10.6 Å². The van der Waals surface area contributed by atoms with Gasteiger partial charge in [-0.05, 0) is 26.3 Å². The number of carbonyl (C=O) groups excluding carboxylic acids is 1. The third kappa shape index (κ3) is 4.13.